The van der Waals surface area contributed by atoms with Gasteiger partial charge in [0.05, 0.1) is 24.3 Å². The zero-order chi connectivity index (χ0) is 18.0. The van der Waals surface area contributed by atoms with E-state index in [2.05, 4.69) is 15.0 Å². The number of hydrogen-bond acceptors (Lipinski definition) is 6. The summed E-state index contributed by atoms with van der Waals surface area (Å²) in [5.41, 5.74) is 2.67. The van der Waals surface area contributed by atoms with Gasteiger partial charge in [0.15, 0.2) is 0 Å². The van der Waals surface area contributed by atoms with Crippen LogP contribution in [0.25, 0.3) is 0 Å². The Hall–Kier alpha value is -2.25. The van der Waals surface area contributed by atoms with Gasteiger partial charge in [-0.25, -0.2) is 0 Å². The number of pyridine rings is 1. The number of nitrogens with zero attached hydrogens (tertiary/aromatic N) is 4. The van der Waals surface area contributed by atoms with Gasteiger partial charge >= 0.3 is 0 Å². The number of carbonyl (C=O) groups excluding carboxylic acids is 1. The third kappa shape index (κ3) is 3.88. The van der Waals surface area contributed by atoms with E-state index < -0.39 is 6.10 Å². The van der Waals surface area contributed by atoms with Crippen LogP contribution in [0.2, 0.25) is 0 Å². The minimum absolute atomic E-state index is 0.00859. The van der Waals surface area contributed by atoms with Gasteiger partial charge in [-0.1, -0.05) is 11.2 Å². The van der Waals surface area contributed by atoms with Crippen molar-refractivity contribution in [1.29, 1.82) is 0 Å². The summed E-state index contributed by atoms with van der Waals surface area (Å²) in [6, 6.07) is 3.81. The molecule has 0 aromatic carbocycles. The number of aromatic nitrogens is 2. The van der Waals surface area contributed by atoms with Crippen LogP contribution in [0.1, 0.15) is 22.6 Å². The molecule has 0 aliphatic carbocycles. The molecule has 1 aliphatic rings. The fourth-order valence-corrected chi connectivity index (χ4v) is 3.32. The summed E-state index contributed by atoms with van der Waals surface area (Å²) in [7, 11) is 1.96. The number of β-amino-alcohol motifs (C(OH)–C–C–N with tert-alkyl or cyclic N) is 1. The first-order valence-corrected chi connectivity index (χ1v) is 8.42. The predicted octanol–water partition coefficient (Wildman–Crippen LogP) is 0.933. The summed E-state index contributed by atoms with van der Waals surface area (Å²) in [5, 5.41) is 14.3. The molecule has 3 rings (SSSR count). The molecular formula is C18H24N4O3. The summed E-state index contributed by atoms with van der Waals surface area (Å²) >= 11 is 0. The number of aliphatic hydroxyl groups excluding tert-OH is 1. The largest absolute Gasteiger partial charge is 0.390 e. The van der Waals surface area contributed by atoms with Crippen LogP contribution < -0.4 is 0 Å². The van der Waals surface area contributed by atoms with Crippen LogP contribution in [0, 0.1) is 13.8 Å². The lowest BCUT2D eigenvalue weighted by molar-refractivity contribution is -0.129. The molecule has 0 bridgehead atoms. The fraction of sp³-hybridized carbons (Fsp3) is 0.500. The molecule has 1 aliphatic heterocycles. The molecule has 7 nitrogen and oxygen atoms in total. The van der Waals surface area contributed by atoms with Gasteiger partial charge in [-0.05, 0) is 32.5 Å². The second-order valence-corrected chi connectivity index (χ2v) is 6.69. The number of likely N-dealkylation sites (tertiary alicyclic amines) is 1. The Balaban J connectivity index is 1.61. The Morgan fingerprint density at radius 3 is 2.88 bits per heavy atom. The molecule has 2 aromatic heterocycles. The summed E-state index contributed by atoms with van der Waals surface area (Å²) < 4.78 is 5.12. The molecule has 2 atom stereocenters. The number of likely N-dealkylation sites (N-methyl/N-ethyl adjacent to an activating group) is 1. The molecule has 1 amide bonds. The highest BCUT2D eigenvalue weighted by molar-refractivity contribution is 5.79. The fourth-order valence-electron chi connectivity index (χ4n) is 3.32. The van der Waals surface area contributed by atoms with Gasteiger partial charge in [-0.3, -0.25) is 14.7 Å². The van der Waals surface area contributed by atoms with E-state index in [9.17, 15) is 9.90 Å². The van der Waals surface area contributed by atoms with Crippen LogP contribution in [0.5, 0.6) is 0 Å². The van der Waals surface area contributed by atoms with Gasteiger partial charge in [-0.15, -0.1) is 0 Å². The number of carbonyl (C=O) groups is 1. The smallest absolute Gasteiger partial charge is 0.227 e. The average molecular weight is 344 g/mol. The molecule has 0 saturated carbocycles. The standard InChI is InChI=1S/C18H24N4O3/c1-12-15(13(2)25-20-12)7-18(24)22-10-16(17(23)11-22)21(3)9-14-5-4-6-19-8-14/h4-6,8,16-17,23H,7,9-11H2,1-3H3/t16-,17-/m1/s1. The van der Waals surface area contributed by atoms with Crippen molar-refractivity contribution in [3.63, 3.8) is 0 Å². The van der Waals surface area contributed by atoms with Crippen LogP contribution in [-0.4, -0.2) is 63.2 Å². The lowest BCUT2D eigenvalue weighted by atomic mass is 10.1. The van der Waals surface area contributed by atoms with Crippen molar-refractivity contribution in [2.45, 2.75) is 39.0 Å². The van der Waals surface area contributed by atoms with E-state index in [1.165, 1.54) is 0 Å². The molecule has 0 radical (unpaired) electrons. The maximum atomic E-state index is 12.6. The molecule has 1 fully saturated rings. The molecule has 2 aromatic rings. The Morgan fingerprint density at radius 1 is 1.44 bits per heavy atom. The van der Waals surface area contributed by atoms with Gasteiger partial charge in [0.1, 0.15) is 5.76 Å². The molecule has 0 spiro atoms. The first kappa shape index (κ1) is 17.6. The second-order valence-electron chi connectivity index (χ2n) is 6.69. The molecule has 134 valence electrons. The van der Waals surface area contributed by atoms with Gasteiger partial charge in [0.25, 0.3) is 0 Å². The van der Waals surface area contributed by atoms with Crippen LogP contribution >= 0.6 is 0 Å². The number of hydrogen-bond donors (Lipinski definition) is 1. The molecular weight excluding hydrogens is 320 g/mol. The molecule has 3 heterocycles. The van der Waals surface area contributed by atoms with E-state index in [0.29, 0.717) is 25.4 Å². The predicted molar refractivity (Wildman–Crippen MR) is 91.8 cm³/mol. The topological polar surface area (TPSA) is 82.7 Å². The molecule has 1 N–H and O–H groups in total. The summed E-state index contributed by atoms with van der Waals surface area (Å²) in [5.74, 6) is 0.668. The van der Waals surface area contributed by atoms with E-state index in [0.717, 1.165) is 16.8 Å². The molecule has 25 heavy (non-hydrogen) atoms. The van der Waals surface area contributed by atoms with E-state index >= 15 is 0 Å². The first-order chi connectivity index (χ1) is 12.0. The van der Waals surface area contributed by atoms with Crippen molar-refractivity contribution in [2.24, 2.45) is 0 Å². The second kappa shape index (κ2) is 7.33. The van der Waals surface area contributed by atoms with Crippen molar-refractivity contribution < 1.29 is 14.4 Å². The normalized spacial score (nSPS) is 20.4. The number of amides is 1. The van der Waals surface area contributed by atoms with E-state index in [1.807, 2.05) is 39.2 Å². The number of aliphatic hydroxyl groups is 1. The SMILES string of the molecule is Cc1noc(C)c1CC(=O)N1C[C@@H](O)[C@H](N(C)Cc2cccnc2)C1. The van der Waals surface area contributed by atoms with Gasteiger partial charge < -0.3 is 14.5 Å². The number of aryl methyl sites for hydroxylation is 2. The Labute approximate surface area is 147 Å². The van der Waals surface area contributed by atoms with E-state index in [1.54, 1.807) is 11.1 Å². The minimum Gasteiger partial charge on any atom is -0.390 e. The number of rotatable bonds is 5. The molecule has 7 heteroatoms. The zero-order valence-electron chi connectivity index (χ0n) is 14.8. The maximum absolute atomic E-state index is 12.6. The Kier molecular flexibility index (Phi) is 5.15. The summed E-state index contributed by atoms with van der Waals surface area (Å²) in [4.78, 5) is 20.5. The lowest BCUT2D eigenvalue weighted by Gasteiger charge is -2.26. The molecule has 0 unspecified atom stereocenters. The zero-order valence-corrected chi connectivity index (χ0v) is 14.8. The lowest BCUT2D eigenvalue weighted by Crippen LogP contribution is -2.40. The van der Waals surface area contributed by atoms with Crippen molar-refractivity contribution in [3.8, 4) is 0 Å². The van der Waals surface area contributed by atoms with Crippen LogP contribution in [0.3, 0.4) is 0 Å². The highest BCUT2D eigenvalue weighted by atomic mass is 16.5. The highest BCUT2D eigenvalue weighted by Crippen LogP contribution is 2.20. The minimum atomic E-state index is -0.560. The Morgan fingerprint density at radius 2 is 2.24 bits per heavy atom. The van der Waals surface area contributed by atoms with Crippen molar-refractivity contribution in [2.75, 3.05) is 20.1 Å². The van der Waals surface area contributed by atoms with Gasteiger partial charge in [-0.2, -0.15) is 0 Å². The van der Waals surface area contributed by atoms with Crippen molar-refractivity contribution >= 4 is 5.91 Å². The maximum Gasteiger partial charge on any atom is 0.227 e. The summed E-state index contributed by atoms with van der Waals surface area (Å²) in [6.07, 6.45) is 3.25. The molecule has 1 saturated heterocycles. The van der Waals surface area contributed by atoms with Crippen molar-refractivity contribution in [3.05, 3.63) is 47.1 Å². The van der Waals surface area contributed by atoms with Gasteiger partial charge in [0.2, 0.25) is 5.91 Å². The van der Waals surface area contributed by atoms with Crippen LogP contribution in [-0.2, 0) is 17.8 Å². The third-order valence-corrected chi connectivity index (χ3v) is 4.84. The highest BCUT2D eigenvalue weighted by Gasteiger charge is 2.36. The Bertz CT molecular complexity index is 712. The van der Waals surface area contributed by atoms with Crippen LogP contribution in [0.4, 0.5) is 0 Å². The quantitative estimate of drug-likeness (QED) is 0.869. The third-order valence-electron chi connectivity index (χ3n) is 4.84. The average Bonchev–Trinajstić information content (AvgIpc) is 3.13. The van der Waals surface area contributed by atoms with E-state index in [4.69, 9.17) is 4.52 Å². The monoisotopic (exact) mass is 344 g/mol. The van der Waals surface area contributed by atoms with E-state index in [-0.39, 0.29) is 18.4 Å². The van der Waals surface area contributed by atoms with Crippen LogP contribution in [0.15, 0.2) is 29.0 Å². The van der Waals surface area contributed by atoms with Gasteiger partial charge in [0, 0.05) is 37.6 Å². The summed E-state index contributed by atoms with van der Waals surface area (Å²) in [6.45, 7) is 5.19. The first-order valence-electron chi connectivity index (χ1n) is 8.42. The van der Waals surface area contributed by atoms with Crippen molar-refractivity contribution in [1.82, 2.24) is 19.9 Å².